The summed E-state index contributed by atoms with van der Waals surface area (Å²) >= 11 is 0. The molecule has 0 spiro atoms. The van der Waals surface area contributed by atoms with E-state index in [-0.39, 0.29) is 5.91 Å². The Hall–Kier alpha value is -1.58. The lowest BCUT2D eigenvalue weighted by molar-refractivity contribution is 0.0922. The fourth-order valence-corrected chi connectivity index (χ4v) is 3.59. The second-order valence-corrected chi connectivity index (χ2v) is 6.64. The Morgan fingerprint density at radius 3 is 2.71 bits per heavy atom. The van der Waals surface area contributed by atoms with E-state index in [1.54, 1.807) is 19.3 Å². The van der Waals surface area contributed by atoms with Crippen molar-refractivity contribution in [3.8, 4) is 0 Å². The third-order valence-electron chi connectivity index (χ3n) is 4.42. The minimum atomic E-state index is -0.0255. The molecule has 21 heavy (non-hydrogen) atoms. The first-order valence-electron chi connectivity index (χ1n) is 7.97. The van der Waals surface area contributed by atoms with Crippen molar-refractivity contribution in [2.75, 3.05) is 18.9 Å². The van der Waals surface area contributed by atoms with Crippen LogP contribution in [0, 0.1) is 11.3 Å². The molecule has 0 saturated heterocycles. The van der Waals surface area contributed by atoms with Crippen LogP contribution in [-0.2, 0) is 0 Å². The Morgan fingerprint density at radius 1 is 1.38 bits per heavy atom. The van der Waals surface area contributed by atoms with Gasteiger partial charge in [0.1, 0.15) is 5.82 Å². The molecule has 0 atom stereocenters. The van der Waals surface area contributed by atoms with Gasteiger partial charge in [-0.3, -0.25) is 4.79 Å². The van der Waals surface area contributed by atoms with Crippen LogP contribution < -0.4 is 10.6 Å². The van der Waals surface area contributed by atoms with Crippen molar-refractivity contribution >= 4 is 11.7 Å². The van der Waals surface area contributed by atoms with Crippen LogP contribution in [0.3, 0.4) is 0 Å². The van der Waals surface area contributed by atoms with Crippen molar-refractivity contribution < 1.29 is 4.79 Å². The summed E-state index contributed by atoms with van der Waals surface area (Å²) in [6.07, 6.45) is 7.93. The highest BCUT2D eigenvalue weighted by molar-refractivity contribution is 5.98. The summed E-state index contributed by atoms with van der Waals surface area (Å²) in [6, 6.07) is 3.62. The third kappa shape index (κ3) is 3.96. The molecule has 1 fully saturated rings. The van der Waals surface area contributed by atoms with Crippen molar-refractivity contribution in [2.45, 2.75) is 46.0 Å². The third-order valence-corrected chi connectivity index (χ3v) is 4.42. The van der Waals surface area contributed by atoms with E-state index in [2.05, 4.69) is 29.5 Å². The van der Waals surface area contributed by atoms with Crippen LogP contribution in [-0.4, -0.2) is 24.5 Å². The van der Waals surface area contributed by atoms with E-state index >= 15 is 0 Å². The van der Waals surface area contributed by atoms with Gasteiger partial charge in [0.2, 0.25) is 0 Å². The van der Waals surface area contributed by atoms with E-state index in [0.29, 0.717) is 22.7 Å². The number of nitrogens with zero attached hydrogens (tertiary/aromatic N) is 1. The van der Waals surface area contributed by atoms with Crippen LogP contribution in [0.15, 0.2) is 18.3 Å². The molecule has 1 saturated carbocycles. The van der Waals surface area contributed by atoms with Crippen molar-refractivity contribution in [1.29, 1.82) is 0 Å². The van der Waals surface area contributed by atoms with Gasteiger partial charge < -0.3 is 10.6 Å². The maximum atomic E-state index is 12.4. The number of rotatable bonds is 6. The van der Waals surface area contributed by atoms with Gasteiger partial charge in [-0.1, -0.05) is 26.7 Å². The summed E-state index contributed by atoms with van der Waals surface area (Å²) in [4.78, 5) is 16.6. The summed E-state index contributed by atoms with van der Waals surface area (Å²) in [7, 11) is 1.79. The Balaban J connectivity index is 2.02. The van der Waals surface area contributed by atoms with Gasteiger partial charge in [-0.05, 0) is 42.7 Å². The van der Waals surface area contributed by atoms with E-state index in [0.717, 1.165) is 6.54 Å². The van der Waals surface area contributed by atoms with Crippen molar-refractivity contribution in [1.82, 2.24) is 10.3 Å². The normalized spacial score (nSPS) is 17.0. The zero-order valence-corrected chi connectivity index (χ0v) is 13.4. The van der Waals surface area contributed by atoms with Crippen LogP contribution in [0.5, 0.6) is 0 Å². The molecule has 0 radical (unpaired) electrons. The van der Waals surface area contributed by atoms with E-state index in [1.807, 2.05) is 6.07 Å². The summed E-state index contributed by atoms with van der Waals surface area (Å²) in [5, 5.41) is 6.12. The van der Waals surface area contributed by atoms with Crippen LogP contribution in [0.2, 0.25) is 0 Å². The average Bonchev–Trinajstić information content (AvgIpc) is 2.92. The average molecular weight is 289 g/mol. The minimum Gasteiger partial charge on any atom is -0.372 e. The Labute approximate surface area is 127 Å². The van der Waals surface area contributed by atoms with Crippen LogP contribution in [0.4, 0.5) is 5.82 Å². The maximum absolute atomic E-state index is 12.4. The Bertz CT molecular complexity index is 479. The lowest BCUT2D eigenvalue weighted by atomic mass is 9.78. The summed E-state index contributed by atoms with van der Waals surface area (Å²) < 4.78 is 0. The quantitative estimate of drug-likeness (QED) is 0.843. The van der Waals surface area contributed by atoms with Crippen molar-refractivity contribution in [2.24, 2.45) is 11.3 Å². The Morgan fingerprint density at radius 2 is 2.10 bits per heavy atom. The number of hydrogen-bond donors (Lipinski definition) is 2. The fourth-order valence-electron chi connectivity index (χ4n) is 3.59. The molecule has 0 unspecified atom stereocenters. The van der Waals surface area contributed by atoms with Crippen molar-refractivity contribution in [3.63, 3.8) is 0 Å². The minimum absolute atomic E-state index is 0.0255. The number of amides is 1. The highest BCUT2D eigenvalue weighted by atomic mass is 16.1. The number of anilines is 1. The number of hydrogen-bond acceptors (Lipinski definition) is 3. The van der Waals surface area contributed by atoms with E-state index < -0.39 is 0 Å². The first kappa shape index (κ1) is 15.8. The molecule has 0 aliphatic heterocycles. The molecule has 1 heterocycles. The van der Waals surface area contributed by atoms with E-state index in [1.165, 1.54) is 32.1 Å². The molecular formula is C17H27N3O. The molecule has 0 bridgehead atoms. The van der Waals surface area contributed by atoms with Gasteiger partial charge in [-0.2, -0.15) is 0 Å². The van der Waals surface area contributed by atoms with Crippen LogP contribution >= 0.6 is 0 Å². The SMILES string of the molecule is CNc1ncccc1C(=O)NCC1(CC(C)C)CCCC1. The van der Waals surface area contributed by atoms with E-state index in [9.17, 15) is 4.79 Å². The van der Waals surface area contributed by atoms with Gasteiger partial charge in [-0.15, -0.1) is 0 Å². The van der Waals surface area contributed by atoms with Gasteiger partial charge in [0.15, 0.2) is 0 Å². The predicted octanol–water partition coefficient (Wildman–Crippen LogP) is 3.46. The molecule has 1 aliphatic carbocycles. The number of carbonyl (C=O) groups is 1. The van der Waals surface area contributed by atoms with Crippen molar-refractivity contribution in [3.05, 3.63) is 23.9 Å². The van der Waals surface area contributed by atoms with Crippen LogP contribution in [0.25, 0.3) is 0 Å². The predicted molar refractivity (Wildman–Crippen MR) is 86.5 cm³/mol. The number of carbonyl (C=O) groups excluding carboxylic acids is 1. The lowest BCUT2D eigenvalue weighted by Crippen LogP contribution is -2.37. The monoisotopic (exact) mass is 289 g/mol. The van der Waals surface area contributed by atoms with E-state index in [4.69, 9.17) is 0 Å². The zero-order chi connectivity index (χ0) is 15.3. The number of nitrogens with one attached hydrogen (secondary N) is 2. The van der Waals surface area contributed by atoms with Gasteiger partial charge in [0, 0.05) is 19.8 Å². The molecule has 116 valence electrons. The molecule has 1 aliphatic rings. The molecule has 2 rings (SSSR count). The second-order valence-electron chi connectivity index (χ2n) is 6.64. The fraction of sp³-hybridized carbons (Fsp3) is 0.647. The van der Waals surface area contributed by atoms with Crippen LogP contribution in [0.1, 0.15) is 56.3 Å². The summed E-state index contributed by atoms with van der Waals surface area (Å²) in [5.41, 5.74) is 0.920. The molecule has 1 aromatic heterocycles. The lowest BCUT2D eigenvalue weighted by Gasteiger charge is -2.31. The molecule has 1 amide bonds. The molecule has 4 nitrogen and oxygen atoms in total. The number of aromatic nitrogens is 1. The standard InChI is InChI=1S/C17H27N3O/c1-13(2)11-17(8-4-5-9-17)12-20-16(21)14-7-6-10-19-15(14)18-3/h6-7,10,13H,4-5,8-9,11-12H2,1-3H3,(H,18,19)(H,20,21). The van der Waals surface area contributed by atoms with Gasteiger partial charge >= 0.3 is 0 Å². The highest BCUT2D eigenvalue weighted by Gasteiger charge is 2.34. The molecule has 1 aromatic rings. The molecule has 0 aromatic carbocycles. The zero-order valence-electron chi connectivity index (χ0n) is 13.4. The smallest absolute Gasteiger partial charge is 0.255 e. The maximum Gasteiger partial charge on any atom is 0.255 e. The van der Waals surface area contributed by atoms with Gasteiger partial charge in [0.05, 0.1) is 5.56 Å². The Kier molecular flexibility index (Phi) is 5.21. The molecule has 4 heteroatoms. The largest absolute Gasteiger partial charge is 0.372 e. The first-order chi connectivity index (χ1) is 10.1. The molecular weight excluding hydrogens is 262 g/mol. The molecule has 2 N–H and O–H groups in total. The second kappa shape index (κ2) is 6.92. The summed E-state index contributed by atoms with van der Waals surface area (Å²) in [6.45, 7) is 5.31. The highest BCUT2D eigenvalue weighted by Crippen LogP contribution is 2.42. The first-order valence-corrected chi connectivity index (χ1v) is 7.97. The summed E-state index contributed by atoms with van der Waals surface area (Å²) in [5.74, 6) is 1.29. The van der Waals surface area contributed by atoms with Gasteiger partial charge in [0.25, 0.3) is 5.91 Å². The topological polar surface area (TPSA) is 54.0 Å². The van der Waals surface area contributed by atoms with Gasteiger partial charge in [-0.25, -0.2) is 4.98 Å². The number of pyridine rings is 1.